The topological polar surface area (TPSA) is 57.2 Å². The van der Waals surface area contributed by atoms with Crippen molar-refractivity contribution in [1.29, 1.82) is 0 Å². The normalized spacial score (nSPS) is 30.3. The van der Waals surface area contributed by atoms with Gasteiger partial charge >= 0.3 is 0 Å². The molecular formula is C19H30O5. The van der Waals surface area contributed by atoms with Gasteiger partial charge in [-0.2, -0.15) is 0 Å². The van der Waals surface area contributed by atoms with E-state index >= 15 is 0 Å². The van der Waals surface area contributed by atoms with E-state index in [4.69, 9.17) is 18.9 Å². The molecule has 0 radical (unpaired) electrons. The number of methoxy groups -OCH3 is 1. The molecule has 1 fully saturated rings. The predicted molar refractivity (Wildman–Crippen MR) is 92.2 cm³/mol. The Morgan fingerprint density at radius 3 is 2.38 bits per heavy atom. The molecule has 1 aromatic carbocycles. The van der Waals surface area contributed by atoms with Crippen molar-refractivity contribution in [2.24, 2.45) is 0 Å². The number of rotatable bonds is 8. The van der Waals surface area contributed by atoms with Gasteiger partial charge in [-0.15, -0.1) is 0 Å². The van der Waals surface area contributed by atoms with Crippen molar-refractivity contribution >= 4 is 0 Å². The number of ether oxygens (including phenoxy) is 4. The molecule has 1 aromatic rings. The SMILES string of the molecule is CCCCO[C@H]1C(C)O[C@@H](C)C(O)C1OCc1ccc(OC)cc1. The van der Waals surface area contributed by atoms with Crippen LogP contribution in [-0.2, 0) is 20.8 Å². The van der Waals surface area contributed by atoms with Gasteiger partial charge in [-0.1, -0.05) is 25.5 Å². The van der Waals surface area contributed by atoms with Gasteiger partial charge in [0, 0.05) is 6.61 Å². The van der Waals surface area contributed by atoms with E-state index < -0.39 is 12.2 Å². The van der Waals surface area contributed by atoms with Gasteiger partial charge in [-0.05, 0) is 38.0 Å². The molecule has 0 aliphatic carbocycles. The highest BCUT2D eigenvalue weighted by Crippen LogP contribution is 2.27. The zero-order valence-electron chi connectivity index (χ0n) is 15.1. The van der Waals surface area contributed by atoms with E-state index in [-0.39, 0.29) is 18.3 Å². The van der Waals surface area contributed by atoms with Crippen molar-refractivity contribution in [2.75, 3.05) is 13.7 Å². The maximum Gasteiger partial charge on any atom is 0.118 e. The summed E-state index contributed by atoms with van der Waals surface area (Å²) in [5.74, 6) is 0.813. The zero-order valence-corrected chi connectivity index (χ0v) is 15.1. The lowest BCUT2D eigenvalue weighted by molar-refractivity contribution is -0.241. The maximum absolute atomic E-state index is 10.5. The van der Waals surface area contributed by atoms with Crippen LogP contribution in [-0.4, -0.2) is 49.3 Å². The van der Waals surface area contributed by atoms with Gasteiger partial charge in [0.2, 0.25) is 0 Å². The number of hydrogen-bond acceptors (Lipinski definition) is 5. The number of aliphatic hydroxyl groups excluding tert-OH is 1. The largest absolute Gasteiger partial charge is 0.497 e. The van der Waals surface area contributed by atoms with Crippen molar-refractivity contribution in [3.05, 3.63) is 29.8 Å². The average molecular weight is 338 g/mol. The summed E-state index contributed by atoms with van der Waals surface area (Å²) in [4.78, 5) is 0. The van der Waals surface area contributed by atoms with Crippen LogP contribution in [0.4, 0.5) is 0 Å². The Labute approximate surface area is 144 Å². The van der Waals surface area contributed by atoms with Gasteiger partial charge in [0.25, 0.3) is 0 Å². The van der Waals surface area contributed by atoms with Gasteiger partial charge in [0.05, 0.1) is 25.9 Å². The summed E-state index contributed by atoms with van der Waals surface area (Å²) in [6, 6.07) is 7.73. The molecule has 2 rings (SSSR count). The van der Waals surface area contributed by atoms with Crippen LogP contribution < -0.4 is 4.74 Å². The summed E-state index contributed by atoms with van der Waals surface area (Å²) >= 11 is 0. The highest BCUT2D eigenvalue weighted by atomic mass is 16.6. The third-order valence-electron chi connectivity index (χ3n) is 4.44. The lowest BCUT2D eigenvalue weighted by Crippen LogP contribution is -2.57. The monoisotopic (exact) mass is 338 g/mol. The second-order valence-corrected chi connectivity index (χ2v) is 6.35. The molecule has 136 valence electrons. The lowest BCUT2D eigenvalue weighted by Gasteiger charge is -2.42. The average Bonchev–Trinajstić information content (AvgIpc) is 2.59. The predicted octanol–water partition coefficient (Wildman–Crippen LogP) is 2.93. The summed E-state index contributed by atoms with van der Waals surface area (Å²) in [5, 5.41) is 10.5. The van der Waals surface area contributed by atoms with E-state index in [1.165, 1.54) is 0 Å². The second-order valence-electron chi connectivity index (χ2n) is 6.35. The Balaban J connectivity index is 2.00. The van der Waals surface area contributed by atoms with Gasteiger partial charge in [-0.3, -0.25) is 0 Å². The Morgan fingerprint density at radius 2 is 1.75 bits per heavy atom. The van der Waals surface area contributed by atoms with Crippen LogP contribution in [0.2, 0.25) is 0 Å². The number of benzene rings is 1. The number of unbranched alkanes of at least 4 members (excludes halogenated alkanes) is 1. The van der Waals surface area contributed by atoms with Crippen LogP contribution in [0, 0.1) is 0 Å². The highest BCUT2D eigenvalue weighted by Gasteiger charge is 2.43. The van der Waals surface area contributed by atoms with Crippen LogP contribution in [0.3, 0.4) is 0 Å². The second kappa shape index (κ2) is 9.37. The first-order valence-corrected chi connectivity index (χ1v) is 8.76. The molecule has 24 heavy (non-hydrogen) atoms. The Morgan fingerprint density at radius 1 is 1.04 bits per heavy atom. The summed E-state index contributed by atoms with van der Waals surface area (Å²) in [5.41, 5.74) is 1.03. The van der Waals surface area contributed by atoms with Crippen LogP contribution in [0.1, 0.15) is 39.2 Å². The van der Waals surface area contributed by atoms with Crippen molar-refractivity contribution in [2.45, 2.75) is 70.7 Å². The molecular weight excluding hydrogens is 308 g/mol. The van der Waals surface area contributed by atoms with Crippen molar-refractivity contribution < 1.29 is 24.1 Å². The fourth-order valence-electron chi connectivity index (χ4n) is 2.93. The maximum atomic E-state index is 10.5. The molecule has 1 saturated heterocycles. The van der Waals surface area contributed by atoms with E-state index in [2.05, 4.69) is 6.92 Å². The fraction of sp³-hybridized carbons (Fsp3) is 0.684. The van der Waals surface area contributed by atoms with Crippen LogP contribution >= 0.6 is 0 Å². The van der Waals surface area contributed by atoms with E-state index in [1.807, 2.05) is 38.1 Å². The van der Waals surface area contributed by atoms with Gasteiger partial charge in [0.15, 0.2) is 0 Å². The summed E-state index contributed by atoms with van der Waals surface area (Å²) in [7, 11) is 1.64. The third kappa shape index (κ3) is 4.93. The molecule has 3 unspecified atom stereocenters. The molecule has 5 nitrogen and oxygen atoms in total. The van der Waals surface area contributed by atoms with Crippen LogP contribution in [0.25, 0.3) is 0 Å². The molecule has 0 aromatic heterocycles. The summed E-state index contributed by atoms with van der Waals surface area (Å²) in [6.07, 6.45) is 0.307. The van der Waals surface area contributed by atoms with Crippen LogP contribution in [0.15, 0.2) is 24.3 Å². The molecule has 0 saturated carbocycles. The minimum Gasteiger partial charge on any atom is -0.497 e. The molecule has 0 amide bonds. The van der Waals surface area contributed by atoms with E-state index in [0.717, 1.165) is 24.2 Å². The molecule has 0 bridgehead atoms. The Bertz CT molecular complexity index is 475. The van der Waals surface area contributed by atoms with E-state index in [9.17, 15) is 5.11 Å². The van der Waals surface area contributed by atoms with Gasteiger partial charge in [0.1, 0.15) is 24.1 Å². The molecule has 5 heteroatoms. The smallest absolute Gasteiger partial charge is 0.118 e. The Hall–Kier alpha value is -1.14. The summed E-state index contributed by atoms with van der Waals surface area (Å²) < 4.78 is 23.0. The van der Waals surface area contributed by atoms with E-state index in [0.29, 0.717) is 13.2 Å². The van der Waals surface area contributed by atoms with Crippen LogP contribution in [0.5, 0.6) is 5.75 Å². The first-order chi connectivity index (χ1) is 11.6. The molecule has 1 heterocycles. The summed E-state index contributed by atoms with van der Waals surface area (Å²) in [6.45, 7) is 7.03. The highest BCUT2D eigenvalue weighted by molar-refractivity contribution is 5.26. The lowest BCUT2D eigenvalue weighted by atomic mass is 9.96. The molecule has 5 atom stereocenters. The standard InChI is InChI=1S/C19H30O5/c1-5-6-11-22-18-14(3)24-13(2)17(20)19(18)23-12-15-7-9-16(21-4)10-8-15/h7-10,13-14,17-20H,5-6,11-12H2,1-4H3/t13-,14?,17?,18-,19?/m0/s1. The Kier molecular flexibility index (Phi) is 7.49. The molecule has 0 spiro atoms. The quantitative estimate of drug-likeness (QED) is 0.739. The van der Waals surface area contributed by atoms with E-state index in [1.54, 1.807) is 7.11 Å². The minimum absolute atomic E-state index is 0.110. The third-order valence-corrected chi connectivity index (χ3v) is 4.44. The number of hydrogen-bond donors (Lipinski definition) is 1. The fourth-order valence-corrected chi connectivity index (χ4v) is 2.93. The van der Waals surface area contributed by atoms with Crippen molar-refractivity contribution in [1.82, 2.24) is 0 Å². The zero-order chi connectivity index (χ0) is 17.5. The first-order valence-electron chi connectivity index (χ1n) is 8.76. The van der Waals surface area contributed by atoms with Gasteiger partial charge < -0.3 is 24.1 Å². The van der Waals surface area contributed by atoms with Crippen molar-refractivity contribution in [3.63, 3.8) is 0 Å². The number of aliphatic hydroxyl groups is 1. The molecule has 1 aliphatic heterocycles. The molecule has 1 N–H and O–H groups in total. The van der Waals surface area contributed by atoms with Gasteiger partial charge in [-0.25, -0.2) is 0 Å². The van der Waals surface area contributed by atoms with Crippen molar-refractivity contribution in [3.8, 4) is 5.75 Å². The molecule has 1 aliphatic rings. The first kappa shape index (κ1) is 19.2. The minimum atomic E-state index is -0.703.